The number of anilines is 1. The first-order valence-electron chi connectivity index (χ1n) is 8.17. The summed E-state index contributed by atoms with van der Waals surface area (Å²) in [4.78, 5) is 26.3. The van der Waals surface area contributed by atoms with E-state index in [0.29, 0.717) is 10.7 Å². The van der Waals surface area contributed by atoms with E-state index in [1.165, 1.54) is 11.0 Å². The molecule has 1 aliphatic heterocycles. The molecule has 2 unspecified atom stereocenters. The minimum Gasteiger partial charge on any atom is -0.349 e. The predicted octanol–water partition coefficient (Wildman–Crippen LogP) is 3.85. The number of carbonyl (C=O) groups is 2. The second-order valence-corrected chi connectivity index (χ2v) is 6.66. The van der Waals surface area contributed by atoms with Gasteiger partial charge in [-0.15, -0.1) is 0 Å². The molecule has 4 nitrogen and oxygen atoms in total. The van der Waals surface area contributed by atoms with Gasteiger partial charge in [-0.25, -0.2) is 8.78 Å². The molecule has 26 heavy (non-hydrogen) atoms. The molecule has 2 amide bonds. The zero-order valence-corrected chi connectivity index (χ0v) is 14.8. The van der Waals surface area contributed by atoms with Crippen LogP contribution in [0.2, 0.25) is 5.02 Å². The zero-order valence-electron chi connectivity index (χ0n) is 14.0. The van der Waals surface area contributed by atoms with E-state index in [2.05, 4.69) is 5.32 Å². The maximum absolute atomic E-state index is 13.9. The molecular weight excluding hydrogens is 362 g/mol. The molecule has 0 radical (unpaired) electrons. The normalized spacial score (nSPS) is 18.1. The number of nitrogens with zero attached hydrogens (tertiary/aromatic N) is 1. The van der Waals surface area contributed by atoms with Gasteiger partial charge in [0, 0.05) is 24.6 Å². The Labute approximate surface area is 154 Å². The van der Waals surface area contributed by atoms with E-state index in [9.17, 15) is 18.4 Å². The van der Waals surface area contributed by atoms with Gasteiger partial charge in [0.1, 0.15) is 11.6 Å². The summed E-state index contributed by atoms with van der Waals surface area (Å²) in [5.41, 5.74) is 0.749. The van der Waals surface area contributed by atoms with Crippen molar-refractivity contribution in [1.29, 1.82) is 0 Å². The van der Waals surface area contributed by atoms with E-state index in [1.807, 2.05) is 0 Å². The minimum atomic E-state index is -0.724. The Hall–Kier alpha value is -2.47. The lowest BCUT2D eigenvalue weighted by molar-refractivity contribution is -0.126. The molecule has 2 aromatic rings. The summed E-state index contributed by atoms with van der Waals surface area (Å²) < 4.78 is 26.9. The molecule has 0 aromatic heterocycles. The molecule has 7 heteroatoms. The number of hydrogen-bond acceptors (Lipinski definition) is 2. The van der Waals surface area contributed by atoms with E-state index in [1.54, 1.807) is 31.2 Å². The lowest BCUT2D eigenvalue weighted by Gasteiger charge is -2.19. The van der Waals surface area contributed by atoms with Crippen molar-refractivity contribution in [2.75, 3.05) is 11.4 Å². The van der Waals surface area contributed by atoms with Gasteiger partial charge in [0.15, 0.2) is 0 Å². The molecule has 136 valence electrons. The van der Waals surface area contributed by atoms with Crippen molar-refractivity contribution in [1.82, 2.24) is 5.32 Å². The number of rotatable bonds is 4. The maximum Gasteiger partial charge on any atom is 0.227 e. The van der Waals surface area contributed by atoms with E-state index < -0.39 is 23.6 Å². The van der Waals surface area contributed by atoms with Crippen molar-refractivity contribution < 1.29 is 18.4 Å². The molecule has 1 saturated heterocycles. The van der Waals surface area contributed by atoms with E-state index >= 15 is 0 Å². The van der Waals surface area contributed by atoms with Crippen LogP contribution in [0, 0.1) is 17.6 Å². The summed E-state index contributed by atoms with van der Waals surface area (Å²) in [5, 5.41) is 3.13. The summed E-state index contributed by atoms with van der Waals surface area (Å²) in [6, 6.07) is 9.48. The quantitative estimate of drug-likeness (QED) is 0.878. The Morgan fingerprint density at radius 3 is 2.69 bits per heavy atom. The fourth-order valence-corrected chi connectivity index (χ4v) is 3.29. The van der Waals surface area contributed by atoms with Crippen molar-refractivity contribution >= 4 is 29.1 Å². The summed E-state index contributed by atoms with van der Waals surface area (Å²) >= 11 is 6.12. The van der Waals surface area contributed by atoms with Crippen LogP contribution in [0.5, 0.6) is 0 Å². The molecule has 0 saturated carbocycles. The van der Waals surface area contributed by atoms with Gasteiger partial charge in [-0.1, -0.05) is 29.8 Å². The van der Waals surface area contributed by atoms with Crippen LogP contribution < -0.4 is 10.2 Å². The topological polar surface area (TPSA) is 49.4 Å². The second kappa shape index (κ2) is 7.41. The van der Waals surface area contributed by atoms with E-state index in [-0.39, 0.29) is 30.3 Å². The Bertz CT molecular complexity index is 859. The monoisotopic (exact) mass is 378 g/mol. The zero-order chi connectivity index (χ0) is 18.8. The molecule has 0 spiro atoms. The first kappa shape index (κ1) is 18.3. The Morgan fingerprint density at radius 2 is 2.00 bits per heavy atom. The molecule has 1 heterocycles. The first-order valence-corrected chi connectivity index (χ1v) is 8.55. The number of halogens is 3. The van der Waals surface area contributed by atoms with Crippen molar-refractivity contribution in [3.05, 3.63) is 64.7 Å². The summed E-state index contributed by atoms with van der Waals surface area (Å²) in [7, 11) is 0. The fourth-order valence-electron chi connectivity index (χ4n) is 3.05. The third-order valence-corrected chi connectivity index (χ3v) is 4.75. The van der Waals surface area contributed by atoms with Gasteiger partial charge in [0.2, 0.25) is 11.8 Å². The van der Waals surface area contributed by atoms with E-state index in [4.69, 9.17) is 11.6 Å². The molecule has 2 atom stereocenters. The fraction of sp³-hybridized carbons (Fsp3) is 0.263. The van der Waals surface area contributed by atoms with Crippen LogP contribution in [-0.2, 0) is 9.59 Å². The molecule has 2 aromatic carbocycles. The van der Waals surface area contributed by atoms with Crippen LogP contribution in [0.25, 0.3) is 0 Å². The molecule has 0 bridgehead atoms. The van der Waals surface area contributed by atoms with Gasteiger partial charge >= 0.3 is 0 Å². The van der Waals surface area contributed by atoms with Crippen molar-refractivity contribution in [2.24, 2.45) is 5.92 Å². The number of para-hydroxylation sites is 1. The van der Waals surface area contributed by atoms with Crippen molar-refractivity contribution in [3.8, 4) is 0 Å². The third kappa shape index (κ3) is 3.70. The summed E-state index contributed by atoms with van der Waals surface area (Å²) in [6.45, 7) is 1.81. The highest BCUT2D eigenvalue weighted by molar-refractivity contribution is 6.33. The smallest absolute Gasteiger partial charge is 0.227 e. The maximum atomic E-state index is 13.9. The lowest BCUT2D eigenvalue weighted by Crippen LogP contribution is -2.35. The van der Waals surface area contributed by atoms with Gasteiger partial charge < -0.3 is 10.2 Å². The van der Waals surface area contributed by atoms with Crippen LogP contribution in [0.15, 0.2) is 42.5 Å². The van der Waals surface area contributed by atoms with Crippen LogP contribution >= 0.6 is 11.6 Å². The highest BCUT2D eigenvalue weighted by Crippen LogP contribution is 2.31. The van der Waals surface area contributed by atoms with Crippen LogP contribution in [0.3, 0.4) is 0 Å². The van der Waals surface area contributed by atoms with Crippen LogP contribution in [0.4, 0.5) is 14.5 Å². The molecule has 1 fully saturated rings. The van der Waals surface area contributed by atoms with Gasteiger partial charge in [-0.05, 0) is 25.1 Å². The summed E-state index contributed by atoms with van der Waals surface area (Å²) in [5.74, 6) is -2.52. The van der Waals surface area contributed by atoms with Crippen molar-refractivity contribution in [3.63, 3.8) is 0 Å². The number of amides is 2. The Kier molecular flexibility index (Phi) is 5.23. The lowest BCUT2D eigenvalue weighted by atomic mass is 10.0. The SMILES string of the molecule is CC(NC(=O)C1CC(=O)N(c2ccccc2Cl)C1)c1ccc(F)cc1F. The van der Waals surface area contributed by atoms with E-state index in [0.717, 1.165) is 12.1 Å². The van der Waals surface area contributed by atoms with Gasteiger partial charge in [-0.3, -0.25) is 9.59 Å². The molecule has 0 aliphatic carbocycles. The highest BCUT2D eigenvalue weighted by Gasteiger charge is 2.36. The number of benzene rings is 2. The van der Waals surface area contributed by atoms with Crippen LogP contribution in [-0.4, -0.2) is 18.4 Å². The van der Waals surface area contributed by atoms with Crippen LogP contribution in [0.1, 0.15) is 24.9 Å². The summed E-state index contributed by atoms with van der Waals surface area (Å²) in [6.07, 6.45) is 0.0513. The minimum absolute atomic E-state index is 0.0513. The second-order valence-electron chi connectivity index (χ2n) is 6.25. The predicted molar refractivity (Wildman–Crippen MR) is 94.8 cm³/mol. The first-order chi connectivity index (χ1) is 12.4. The number of nitrogens with one attached hydrogen (secondary N) is 1. The van der Waals surface area contributed by atoms with Gasteiger partial charge in [0.25, 0.3) is 0 Å². The molecular formula is C19H17ClF2N2O2. The number of hydrogen-bond donors (Lipinski definition) is 1. The van der Waals surface area contributed by atoms with Gasteiger partial charge in [-0.2, -0.15) is 0 Å². The third-order valence-electron chi connectivity index (χ3n) is 4.43. The Balaban J connectivity index is 1.69. The number of carbonyl (C=O) groups excluding carboxylic acids is 2. The average Bonchev–Trinajstić information content (AvgIpc) is 2.97. The standard InChI is InChI=1S/C19H17ClF2N2O2/c1-11(14-7-6-13(21)9-16(14)22)23-19(26)12-8-18(25)24(10-12)17-5-3-2-4-15(17)20/h2-7,9,11-12H,8,10H2,1H3,(H,23,26). The average molecular weight is 379 g/mol. The molecule has 3 rings (SSSR count). The van der Waals surface area contributed by atoms with Gasteiger partial charge in [0.05, 0.1) is 22.7 Å². The van der Waals surface area contributed by atoms with Crippen molar-refractivity contribution in [2.45, 2.75) is 19.4 Å². The molecule has 1 aliphatic rings. The molecule has 1 N–H and O–H groups in total. The Morgan fingerprint density at radius 1 is 1.27 bits per heavy atom. The highest BCUT2D eigenvalue weighted by atomic mass is 35.5. The largest absolute Gasteiger partial charge is 0.349 e.